The summed E-state index contributed by atoms with van der Waals surface area (Å²) in [5, 5.41) is 1.20. The van der Waals surface area contributed by atoms with E-state index in [1.54, 1.807) is 4.90 Å². The number of H-pyrrole nitrogens is 1. The molecular weight excluding hydrogens is 360 g/mol. The molecule has 0 atom stereocenters. The summed E-state index contributed by atoms with van der Waals surface area (Å²) in [5.74, 6) is 0.000385. The molecular formula is C21H18N2OS2. The highest BCUT2D eigenvalue weighted by molar-refractivity contribution is 8.26. The molecule has 1 saturated heterocycles. The number of para-hydroxylation sites is 1. The number of nitrogens with one attached hydrogen (secondary N) is 1. The van der Waals surface area contributed by atoms with Crippen LogP contribution < -0.4 is 0 Å². The molecule has 0 bridgehead atoms. The lowest BCUT2D eigenvalue weighted by Crippen LogP contribution is -2.30. The van der Waals surface area contributed by atoms with Gasteiger partial charge in [-0.25, -0.2) is 0 Å². The van der Waals surface area contributed by atoms with Crippen molar-refractivity contribution in [1.82, 2.24) is 9.88 Å². The van der Waals surface area contributed by atoms with Crippen LogP contribution in [0.1, 0.15) is 16.7 Å². The molecule has 1 aliphatic rings. The molecule has 26 heavy (non-hydrogen) atoms. The van der Waals surface area contributed by atoms with Gasteiger partial charge in [-0.05, 0) is 36.6 Å². The third-order valence-corrected chi connectivity index (χ3v) is 5.91. The highest BCUT2D eigenvalue weighted by Gasteiger charge is 2.31. The number of carbonyl (C=O) groups excluding carboxylic acids is 1. The van der Waals surface area contributed by atoms with Gasteiger partial charge < -0.3 is 4.98 Å². The number of rotatable bonds is 4. The Labute approximate surface area is 162 Å². The number of aryl methyl sites for hydroxylation is 1. The molecule has 3 aromatic rings. The zero-order chi connectivity index (χ0) is 18.1. The molecule has 5 heteroatoms. The summed E-state index contributed by atoms with van der Waals surface area (Å²) >= 11 is 6.82. The molecule has 1 N–H and O–H groups in total. The summed E-state index contributed by atoms with van der Waals surface area (Å²) in [6.07, 6.45) is 4.71. The lowest BCUT2D eigenvalue weighted by Gasteiger charge is -2.13. The van der Waals surface area contributed by atoms with E-state index in [0.717, 1.165) is 17.5 Å². The molecule has 2 heterocycles. The standard InChI is InChI=1S/C21H18N2OS2/c1-14-6-8-15(9-7-14)12-19-20(24)23(21(25)26-19)11-10-16-13-22-18-5-3-2-4-17(16)18/h2-9,12-13,22H,10-11H2,1H3/b19-12-. The van der Waals surface area contributed by atoms with Gasteiger partial charge >= 0.3 is 0 Å². The first-order valence-corrected chi connectivity index (χ1v) is 9.71. The fourth-order valence-corrected chi connectivity index (χ4v) is 4.39. The van der Waals surface area contributed by atoms with E-state index in [4.69, 9.17) is 12.2 Å². The lowest BCUT2D eigenvalue weighted by atomic mass is 10.1. The Morgan fingerprint density at radius 3 is 2.73 bits per heavy atom. The second kappa shape index (κ2) is 7.09. The molecule has 3 nitrogen and oxygen atoms in total. The quantitative estimate of drug-likeness (QED) is 0.517. The number of carbonyl (C=O) groups is 1. The van der Waals surface area contributed by atoms with Gasteiger partial charge in [0.2, 0.25) is 0 Å². The van der Waals surface area contributed by atoms with Crippen LogP contribution in [0.4, 0.5) is 0 Å². The summed E-state index contributed by atoms with van der Waals surface area (Å²) in [6, 6.07) is 16.3. The number of benzene rings is 2. The van der Waals surface area contributed by atoms with E-state index in [1.807, 2.05) is 55.6 Å². The molecule has 0 saturated carbocycles. The molecule has 1 aromatic heterocycles. The van der Waals surface area contributed by atoms with Gasteiger partial charge in [-0.1, -0.05) is 72.0 Å². The first-order chi connectivity index (χ1) is 12.6. The van der Waals surface area contributed by atoms with Crippen molar-refractivity contribution in [3.05, 3.63) is 76.3 Å². The first-order valence-electron chi connectivity index (χ1n) is 8.49. The van der Waals surface area contributed by atoms with Crippen molar-refractivity contribution in [1.29, 1.82) is 0 Å². The topological polar surface area (TPSA) is 36.1 Å². The van der Waals surface area contributed by atoms with Crippen LogP contribution in [0.5, 0.6) is 0 Å². The minimum atomic E-state index is 0.000385. The number of amides is 1. The maximum absolute atomic E-state index is 12.8. The molecule has 0 radical (unpaired) electrons. The normalized spacial score (nSPS) is 16.2. The van der Waals surface area contributed by atoms with Crippen molar-refractivity contribution >= 4 is 51.2 Å². The number of hydrogen-bond donors (Lipinski definition) is 1. The van der Waals surface area contributed by atoms with E-state index in [2.05, 4.69) is 17.1 Å². The predicted molar refractivity (Wildman–Crippen MR) is 113 cm³/mol. The van der Waals surface area contributed by atoms with Gasteiger partial charge in [-0.15, -0.1) is 0 Å². The highest BCUT2D eigenvalue weighted by Crippen LogP contribution is 2.33. The Balaban J connectivity index is 1.50. The van der Waals surface area contributed by atoms with E-state index < -0.39 is 0 Å². The van der Waals surface area contributed by atoms with Crippen LogP contribution in [0.3, 0.4) is 0 Å². The van der Waals surface area contributed by atoms with Gasteiger partial charge in [0.25, 0.3) is 5.91 Å². The van der Waals surface area contributed by atoms with Crippen LogP contribution in [0.25, 0.3) is 17.0 Å². The van der Waals surface area contributed by atoms with E-state index in [0.29, 0.717) is 15.8 Å². The van der Waals surface area contributed by atoms with Gasteiger partial charge in [0.05, 0.1) is 4.91 Å². The number of thiocarbonyl (C=S) groups is 1. The van der Waals surface area contributed by atoms with E-state index in [9.17, 15) is 4.79 Å². The largest absolute Gasteiger partial charge is 0.361 e. The smallest absolute Gasteiger partial charge is 0.266 e. The molecule has 0 unspecified atom stereocenters. The molecule has 0 spiro atoms. The van der Waals surface area contributed by atoms with Crippen molar-refractivity contribution in [2.24, 2.45) is 0 Å². The van der Waals surface area contributed by atoms with E-state index >= 15 is 0 Å². The lowest BCUT2D eigenvalue weighted by molar-refractivity contribution is -0.122. The summed E-state index contributed by atoms with van der Waals surface area (Å²) in [6.45, 7) is 2.64. The van der Waals surface area contributed by atoms with Gasteiger partial charge in [0, 0.05) is 23.6 Å². The van der Waals surface area contributed by atoms with Crippen molar-refractivity contribution in [3.8, 4) is 0 Å². The highest BCUT2D eigenvalue weighted by atomic mass is 32.2. The van der Waals surface area contributed by atoms with E-state index in [1.165, 1.54) is 28.3 Å². The number of thioether (sulfide) groups is 1. The maximum atomic E-state index is 12.8. The fourth-order valence-electron chi connectivity index (χ4n) is 3.08. The molecule has 1 amide bonds. The SMILES string of the molecule is Cc1ccc(/C=C2\SC(=S)N(CCc3c[nH]c4ccccc34)C2=O)cc1. The number of aromatic amines is 1. The van der Waals surface area contributed by atoms with Gasteiger partial charge in [0.1, 0.15) is 4.32 Å². The molecule has 2 aromatic carbocycles. The Kier molecular flexibility index (Phi) is 4.66. The average molecular weight is 379 g/mol. The monoisotopic (exact) mass is 378 g/mol. The summed E-state index contributed by atoms with van der Waals surface area (Å²) in [4.78, 5) is 18.4. The van der Waals surface area contributed by atoms with Gasteiger partial charge in [0.15, 0.2) is 0 Å². The number of aromatic nitrogens is 1. The Hall–Kier alpha value is -2.37. The first kappa shape index (κ1) is 17.1. The second-order valence-corrected chi connectivity index (χ2v) is 8.03. The second-order valence-electron chi connectivity index (χ2n) is 6.35. The minimum absolute atomic E-state index is 0.000385. The number of nitrogens with zero attached hydrogens (tertiary/aromatic N) is 1. The third-order valence-electron chi connectivity index (χ3n) is 4.53. The summed E-state index contributed by atoms with van der Waals surface area (Å²) in [5.41, 5.74) is 4.55. The minimum Gasteiger partial charge on any atom is -0.361 e. The zero-order valence-corrected chi connectivity index (χ0v) is 16.0. The summed E-state index contributed by atoms with van der Waals surface area (Å²) < 4.78 is 0.633. The van der Waals surface area contributed by atoms with Crippen molar-refractivity contribution in [2.75, 3.05) is 6.54 Å². The van der Waals surface area contributed by atoms with Crippen LogP contribution in [0.15, 0.2) is 59.6 Å². The van der Waals surface area contributed by atoms with Crippen LogP contribution in [0, 0.1) is 6.92 Å². The number of fused-ring (bicyclic) bond motifs is 1. The number of hydrogen-bond acceptors (Lipinski definition) is 3. The van der Waals surface area contributed by atoms with E-state index in [-0.39, 0.29) is 5.91 Å². The van der Waals surface area contributed by atoms with Crippen molar-refractivity contribution in [3.63, 3.8) is 0 Å². The van der Waals surface area contributed by atoms with Crippen LogP contribution >= 0.6 is 24.0 Å². The van der Waals surface area contributed by atoms with Crippen LogP contribution in [-0.2, 0) is 11.2 Å². The molecule has 1 aliphatic heterocycles. The Morgan fingerprint density at radius 1 is 1.15 bits per heavy atom. The van der Waals surface area contributed by atoms with Crippen LogP contribution in [-0.4, -0.2) is 26.7 Å². The molecule has 0 aliphatic carbocycles. The Bertz CT molecular complexity index is 1020. The zero-order valence-electron chi connectivity index (χ0n) is 14.4. The van der Waals surface area contributed by atoms with Gasteiger partial charge in [-0.3, -0.25) is 9.69 Å². The van der Waals surface area contributed by atoms with Gasteiger partial charge in [-0.2, -0.15) is 0 Å². The molecule has 130 valence electrons. The predicted octanol–water partition coefficient (Wildman–Crippen LogP) is 4.92. The van der Waals surface area contributed by atoms with Crippen molar-refractivity contribution < 1.29 is 4.79 Å². The maximum Gasteiger partial charge on any atom is 0.266 e. The average Bonchev–Trinajstić information content (AvgIpc) is 3.17. The molecule has 1 fully saturated rings. The third kappa shape index (κ3) is 3.32. The van der Waals surface area contributed by atoms with Crippen molar-refractivity contribution in [2.45, 2.75) is 13.3 Å². The fraction of sp³-hybridized carbons (Fsp3) is 0.143. The van der Waals surface area contributed by atoms with Crippen LogP contribution in [0.2, 0.25) is 0 Å². The Morgan fingerprint density at radius 2 is 1.92 bits per heavy atom. The molecule has 4 rings (SSSR count). The summed E-state index contributed by atoms with van der Waals surface area (Å²) in [7, 11) is 0.